The van der Waals surface area contributed by atoms with Crippen molar-refractivity contribution in [2.24, 2.45) is 0 Å². The Bertz CT molecular complexity index is 549. The molecule has 2 aromatic rings. The summed E-state index contributed by atoms with van der Waals surface area (Å²) in [5.41, 5.74) is 2.58. The topological polar surface area (TPSA) is 44.2 Å². The molecule has 0 bridgehead atoms. The van der Waals surface area contributed by atoms with Gasteiger partial charge >= 0.3 is 0 Å². The minimum atomic E-state index is 0.141. The Morgan fingerprint density at radius 3 is 3.06 bits per heavy atom. The van der Waals surface area contributed by atoms with Crippen molar-refractivity contribution in [3.8, 4) is 17.0 Å². The third-order valence-corrected chi connectivity index (χ3v) is 2.81. The molecule has 0 fully saturated rings. The Hall–Kier alpha value is -1.59. The predicted octanol–water partition coefficient (Wildman–Crippen LogP) is 3.43. The SMILES string of the molecule is [3H]c1cnc(-c2ccc(C)cc2OSOCC)cn1. The minimum absolute atomic E-state index is 0.141. The van der Waals surface area contributed by atoms with Crippen LogP contribution in [0.15, 0.2) is 36.8 Å². The summed E-state index contributed by atoms with van der Waals surface area (Å²) in [4.78, 5) is 8.11. The molecule has 0 radical (unpaired) electrons. The highest BCUT2D eigenvalue weighted by Gasteiger charge is 2.09. The van der Waals surface area contributed by atoms with Crippen molar-refractivity contribution in [3.05, 3.63) is 42.3 Å². The van der Waals surface area contributed by atoms with Gasteiger partial charge < -0.3 is 4.18 Å². The second-order valence-electron chi connectivity index (χ2n) is 3.59. The van der Waals surface area contributed by atoms with Gasteiger partial charge in [-0.3, -0.25) is 14.2 Å². The van der Waals surface area contributed by atoms with Crippen molar-refractivity contribution in [2.45, 2.75) is 13.8 Å². The fourth-order valence-electron chi connectivity index (χ4n) is 1.42. The third-order valence-electron chi connectivity index (χ3n) is 2.23. The molecule has 0 unspecified atom stereocenters. The van der Waals surface area contributed by atoms with Crippen molar-refractivity contribution < 1.29 is 9.74 Å². The molecule has 0 aliphatic carbocycles. The molecule has 1 aromatic heterocycles. The van der Waals surface area contributed by atoms with E-state index < -0.39 is 0 Å². The average molecular weight is 264 g/mol. The molecule has 1 heterocycles. The maximum Gasteiger partial charge on any atom is 0.225 e. The lowest BCUT2D eigenvalue weighted by atomic mass is 10.1. The summed E-state index contributed by atoms with van der Waals surface area (Å²) in [6.45, 7) is 4.45. The first-order chi connectivity index (χ1) is 9.20. The number of aryl methyl sites for hydroxylation is 1. The highest BCUT2D eigenvalue weighted by Crippen LogP contribution is 2.31. The van der Waals surface area contributed by atoms with E-state index in [0.717, 1.165) is 23.5 Å². The lowest BCUT2D eigenvalue weighted by Gasteiger charge is -2.09. The number of hydrogen-bond acceptors (Lipinski definition) is 5. The summed E-state index contributed by atoms with van der Waals surface area (Å²) in [5.74, 6) is 0.672. The van der Waals surface area contributed by atoms with Crippen molar-refractivity contribution in [1.82, 2.24) is 9.97 Å². The van der Waals surface area contributed by atoms with Crippen LogP contribution in [0.4, 0.5) is 0 Å². The van der Waals surface area contributed by atoms with E-state index in [2.05, 4.69) is 9.97 Å². The van der Waals surface area contributed by atoms with E-state index in [1.807, 2.05) is 32.0 Å². The fourth-order valence-corrected chi connectivity index (χ4v) is 1.78. The van der Waals surface area contributed by atoms with E-state index in [1.54, 1.807) is 6.20 Å². The lowest BCUT2D eigenvalue weighted by Crippen LogP contribution is -1.91. The molecule has 1 aromatic carbocycles. The normalized spacial score (nSPS) is 11.1. The molecule has 18 heavy (non-hydrogen) atoms. The fraction of sp³-hybridized carbons (Fsp3) is 0.231. The monoisotopic (exact) mass is 264 g/mol. The largest absolute Gasteiger partial charge is 0.400 e. The second kappa shape index (κ2) is 6.37. The quantitative estimate of drug-likeness (QED) is 0.611. The van der Waals surface area contributed by atoms with Crippen LogP contribution in [-0.2, 0) is 4.18 Å². The van der Waals surface area contributed by atoms with Gasteiger partial charge in [0, 0.05) is 17.9 Å². The number of benzene rings is 1. The summed E-state index contributed by atoms with van der Waals surface area (Å²) in [6, 6.07) is 5.81. The molecule has 0 aliphatic heterocycles. The zero-order valence-electron chi connectivity index (χ0n) is 11.2. The molecular weight excluding hydrogens is 248 g/mol. The van der Waals surface area contributed by atoms with Gasteiger partial charge in [0.15, 0.2) is 0 Å². The summed E-state index contributed by atoms with van der Waals surface area (Å²) in [7, 11) is 0. The van der Waals surface area contributed by atoms with Crippen LogP contribution in [-0.4, -0.2) is 16.6 Å². The first-order valence-corrected chi connectivity index (χ1v) is 6.23. The van der Waals surface area contributed by atoms with Gasteiger partial charge in [0.1, 0.15) is 5.75 Å². The Balaban J connectivity index is 2.30. The molecule has 0 N–H and O–H groups in total. The number of nitrogens with zero attached hydrogens (tertiary/aromatic N) is 2. The van der Waals surface area contributed by atoms with Crippen molar-refractivity contribution in [1.29, 1.82) is 0 Å². The van der Waals surface area contributed by atoms with Crippen LogP contribution >= 0.6 is 12.3 Å². The van der Waals surface area contributed by atoms with Gasteiger partial charge in [-0.05, 0) is 31.5 Å². The van der Waals surface area contributed by atoms with Crippen LogP contribution in [0.5, 0.6) is 5.75 Å². The Labute approximate surface area is 112 Å². The van der Waals surface area contributed by atoms with Gasteiger partial charge in [0.2, 0.25) is 12.3 Å². The van der Waals surface area contributed by atoms with Gasteiger partial charge in [0.25, 0.3) is 0 Å². The number of hydrogen-bond donors (Lipinski definition) is 0. The molecule has 4 nitrogen and oxygen atoms in total. The van der Waals surface area contributed by atoms with Crippen molar-refractivity contribution in [3.63, 3.8) is 0 Å². The molecule has 0 spiro atoms. The van der Waals surface area contributed by atoms with Gasteiger partial charge in [-0.15, -0.1) is 0 Å². The zero-order chi connectivity index (χ0) is 13.7. The maximum absolute atomic E-state index is 7.35. The Kier molecular flexibility index (Phi) is 4.07. The van der Waals surface area contributed by atoms with Crippen molar-refractivity contribution >= 4 is 12.3 Å². The third kappa shape index (κ3) is 3.21. The zero-order valence-corrected chi connectivity index (χ0v) is 11.0. The van der Waals surface area contributed by atoms with E-state index in [-0.39, 0.29) is 6.17 Å². The average Bonchev–Trinajstić information content (AvgIpc) is 2.41. The Morgan fingerprint density at radius 1 is 1.44 bits per heavy atom. The summed E-state index contributed by atoms with van der Waals surface area (Å²) in [5, 5.41) is 0. The molecule has 0 saturated heterocycles. The van der Waals surface area contributed by atoms with E-state index in [0.29, 0.717) is 18.1 Å². The first kappa shape index (κ1) is 11.5. The van der Waals surface area contributed by atoms with Gasteiger partial charge in [-0.2, -0.15) is 0 Å². The second-order valence-corrected chi connectivity index (χ2v) is 4.13. The smallest absolute Gasteiger partial charge is 0.225 e. The lowest BCUT2D eigenvalue weighted by molar-refractivity contribution is 0.369. The molecule has 0 amide bonds. The van der Waals surface area contributed by atoms with Gasteiger partial charge in [0.05, 0.1) is 19.9 Å². The maximum atomic E-state index is 7.35. The molecule has 5 heteroatoms. The summed E-state index contributed by atoms with van der Waals surface area (Å²) < 4.78 is 18.0. The molecule has 0 aliphatic rings. The van der Waals surface area contributed by atoms with Crippen LogP contribution in [0.25, 0.3) is 11.3 Å². The highest BCUT2D eigenvalue weighted by molar-refractivity contribution is 7.90. The Morgan fingerprint density at radius 2 is 2.33 bits per heavy atom. The molecular formula is C13H14N2O2S. The number of aromatic nitrogens is 2. The van der Waals surface area contributed by atoms with Gasteiger partial charge in [-0.25, -0.2) is 0 Å². The molecule has 2 rings (SSSR count). The molecule has 0 saturated carbocycles. The van der Waals surface area contributed by atoms with Gasteiger partial charge in [-0.1, -0.05) is 6.07 Å². The molecule has 0 atom stereocenters. The summed E-state index contributed by atoms with van der Waals surface area (Å²) in [6.07, 6.45) is 3.11. The predicted molar refractivity (Wildman–Crippen MR) is 72.1 cm³/mol. The van der Waals surface area contributed by atoms with E-state index in [4.69, 9.17) is 9.74 Å². The van der Waals surface area contributed by atoms with Crippen LogP contribution in [0.2, 0.25) is 0 Å². The van der Waals surface area contributed by atoms with Crippen LogP contribution in [0.1, 0.15) is 13.9 Å². The first-order valence-electron chi connectivity index (χ1n) is 6.06. The molecule has 94 valence electrons. The van der Waals surface area contributed by atoms with E-state index >= 15 is 0 Å². The van der Waals surface area contributed by atoms with Crippen LogP contribution in [0, 0.1) is 6.92 Å². The van der Waals surface area contributed by atoms with Crippen molar-refractivity contribution in [2.75, 3.05) is 6.61 Å². The van der Waals surface area contributed by atoms with E-state index in [1.165, 1.54) is 6.20 Å². The van der Waals surface area contributed by atoms with Crippen LogP contribution in [0.3, 0.4) is 0 Å². The minimum Gasteiger partial charge on any atom is -0.400 e. The highest BCUT2D eigenvalue weighted by atomic mass is 32.2. The summed E-state index contributed by atoms with van der Waals surface area (Å²) >= 11 is 0.942. The van der Waals surface area contributed by atoms with E-state index in [9.17, 15) is 0 Å². The van der Waals surface area contributed by atoms with Crippen LogP contribution < -0.4 is 4.18 Å². The standard InChI is InChI=1S/C13H14N2O2S/c1-3-16-18-17-13-8-10(2)4-5-11(13)12-9-14-6-7-15-12/h4-9H,3H2,1-2H3/i6T. The number of rotatable bonds is 5.